The maximum Gasteiger partial charge on any atom is 0.199 e. The van der Waals surface area contributed by atoms with E-state index in [0.717, 1.165) is 0 Å². The van der Waals surface area contributed by atoms with Gasteiger partial charge in [-0.15, -0.1) is 0 Å². The molecule has 0 saturated carbocycles. The molecule has 8 heteroatoms. The molecular formula is C10H12N5O3. The number of hydrogen-bond donors (Lipinski definition) is 3. The topological polar surface area (TPSA) is 119 Å². The van der Waals surface area contributed by atoms with E-state index in [-0.39, 0.29) is 12.4 Å². The molecule has 2 atom stereocenters. The molecule has 0 aliphatic carbocycles. The van der Waals surface area contributed by atoms with E-state index in [4.69, 9.17) is 15.6 Å². The highest BCUT2D eigenvalue weighted by atomic mass is 16.5. The maximum absolute atomic E-state index is 9.69. The Hall–Kier alpha value is -1.77. The highest BCUT2D eigenvalue weighted by Gasteiger charge is 2.36. The van der Waals surface area contributed by atoms with Crippen molar-refractivity contribution >= 4 is 17.0 Å². The number of hydrogen-bond acceptors (Lipinski definition) is 7. The number of aliphatic hydroxyl groups excluding tert-OH is 2. The molecule has 1 aliphatic rings. The summed E-state index contributed by atoms with van der Waals surface area (Å²) in [5.41, 5.74) is 6.68. The average molecular weight is 250 g/mol. The highest BCUT2D eigenvalue weighted by molar-refractivity contribution is 5.81. The van der Waals surface area contributed by atoms with Gasteiger partial charge >= 0.3 is 0 Å². The van der Waals surface area contributed by atoms with Crippen LogP contribution in [-0.4, -0.2) is 48.5 Å². The van der Waals surface area contributed by atoms with Crippen molar-refractivity contribution in [2.45, 2.75) is 18.6 Å². The molecule has 3 heterocycles. The number of nitrogens with zero attached hydrogens (tertiary/aromatic N) is 4. The molecule has 4 N–H and O–H groups in total. The van der Waals surface area contributed by atoms with Crippen LogP contribution < -0.4 is 5.73 Å². The molecule has 8 nitrogen and oxygen atoms in total. The number of ether oxygens (including phenoxy) is 1. The number of fused-ring (bicyclic) bond motifs is 1. The fourth-order valence-electron chi connectivity index (χ4n) is 1.96. The third-order valence-corrected chi connectivity index (χ3v) is 2.91. The molecular weight excluding hydrogens is 238 g/mol. The van der Waals surface area contributed by atoms with E-state index in [1.165, 1.54) is 12.7 Å². The molecule has 1 aliphatic heterocycles. The summed E-state index contributed by atoms with van der Waals surface area (Å²) in [6.45, 7) is -0.242. The Morgan fingerprint density at radius 2 is 2.28 bits per heavy atom. The smallest absolute Gasteiger partial charge is 0.199 e. The number of imidazole rings is 1. The van der Waals surface area contributed by atoms with E-state index in [0.29, 0.717) is 23.8 Å². The Morgan fingerprint density at radius 3 is 3.00 bits per heavy atom. The van der Waals surface area contributed by atoms with Crippen LogP contribution in [0.15, 0.2) is 12.7 Å². The molecule has 0 bridgehead atoms. The van der Waals surface area contributed by atoms with Crippen LogP contribution >= 0.6 is 0 Å². The summed E-state index contributed by atoms with van der Waals surface area (Å²) in [5, 5.41) is 18.7. The summed E-state index contributed by atoms with van der Waals surface area (Å²) in [4.78, 5) is 12.0. The fraction of sp³-hybridized carbons (Fsp3) is 0.400. The molecule has 1 radical (unpaired) electrons. The van der Waals surface area contributed by atoms with Gasteiger partial charge in [0.15, 0.2) is 17.7 Å². The van der Waals surface area contributed by atoms with Gasteiger partial charge in [0.2, 0.25) is 0 Å². The first kappa shape index (κ1) is 11.3. The van der Waals surface area contributed by atoms with Gasteiger partial charge in [0.1, 0.15) is 17.9 Å². The van der Waals surface area contributed by atoms with Gasteiger partial charge in [0.05, 0.1) is 19.0 Å². The van der Waals surface area contributed by atoms with Gasteiger partial charge in [-0.25, -0.2) is 15.0 Å². The third-order valence-electron chi connectivity index (χ3n) is 2.91. The van der Waals surface area contributed by atoms with Gasteiger partial charge in [-0.2, -0.15) is 0 Å². The van der Waals surface area contributed by atoms with Crippen LogP contribution in [0.5, 0.6) is 0 Å². The molecule has 0 amide bonds. The molecule has 3 rings (SSSR count). The van der Waals surface area contributed by atoms with Gasteiger partial charge in [-0.3, -0.25) is 4.57 Å². The minimum Gasteiger partial charge on any atom is -0.394 e. The average Bonchev–Trinajstić information content (AvgIpc) is 2.93. The second-order valence-corrected chi connectivity index (χ2v) is 4.05. The molecule has 0 spiro atoms. The lowest BCUT2D eigenvalue weighted by Crippen LogP contribution is -2.24. The highest BCUT2D eigenvalue weighted by Crippen LogP contribution is 2.30. The summed E-state index contributed by atoms with van der Waals surface area (Å²) < 4.78 is 7.06. The zero-order valence-electron chi connectivity index (χ0n) is 9.39. The number of aromatic nitrogens is 4. The molecule has 2 aromatic heterocycles. The first-order valence-electron chi connectivity index (χ1n) is 5.46. The van der Waals surface area contributed by atoms with Crippen LogP contribution in [0.1, 0.15) is 6.42 Å². The van der Waals surface area contributed by atoms with Crippen LogP contribution in [-0.2, 0) is 4.74 Å². The zero-order valence-corrected chi connectivity index (χ0v) is 9.39. The van der Waals surface area contributed by atoms with Gasteiger partial charge in [-0.1, -0.05) is 0 Å². The second-order valence-electron chi connectivity index (χ2n) is 4.05. The second kappa shape index (κ2) is 4.16. The van der Waals surface area contributed by atoms with E-state index < -0.39 is 12.2 Å². The van der Waals surface area contributed by atoms with E-state index in [1.807, 2.05) is 0 Å². The summed E-state index contributed by atoms with van der Waals surface area (Å²) in [5.74, 6) is 0.289. The minimum atomic E-state index is -0.735. The Morgan fingerprint density at radius 1 is 1.44 bits per heavy atom. The van der Waals surface area contributed by atoms with Crippen LogP contribution in [0.3, 0.4) is 0 Å². The lowest BCUT2D eigenvalue weighted by atomic mass is 10.2. The Kier molecular flexibility index (Phi) is 2.62. The molecule has 0 unspecified atom stereocenters. The SMILES string of the molecule is Nc1ncnc2c1ncn2[C]1C[C@H](O)[C@@H](CO)O1. The molecule has 1 saturated heterocycles. The van der Waals surface area contributed by atoms with Gasteiger partial charge in [0.25, 0.3) is 0 Å². The quantitative estimate of drug-likeness (QED) is 0.618. The lowest BCUT2D eigenvalue weighted by Gasteiger charge is -2.11. The van der Waals surface area contributed by atoms with Gasteiger partial charge < -0.3 is 20.7 Å². The Balaban J connectivity index is 1.99. The lowest BCUT2D eigenvalue weighted by molar-refractivity contribution is 0.00176. The van der Waals surface area contributed by atoms with Crippen LogP contribution in [0.4, 0.5) is 5.82 Å². The van der Waals surface area contributed by atoms with Crippen molar-refractivity contribution in [3.8, 4) is 0 Å². The van der Waals surface area contributed by atoms with Crippen LogP contribution in [0, 0.1) is 6.23 Å². The van der Waals surface area contributed by atoms with Crippen molar-refractivity contribution in [3.05, 3.63) is 18.9 Å². The number of rotatable bonds is 2. The first-order chi connectivity index (χ1) is 8.70. The summed E-state index contributed by atoms with van der Waals surface area (Å²) in [6, 6.07) is 0. The summed E-state index contributed by atoms with van der Waals surface area (Å²) >= 11 is 0. The standard InChI is InChI=1S/C10H12N5O3/c11-9-8-10(13-3-12-9)15(4-14-8)7-1-5(17)6(2-16)18-7/h3-6,16-17H,1-2H2,(H2,11,12,13)/t5-,6+/m0/s1. The van der Waals surface area contributed by atoms with Crippen molar-refractivity contribution in [3.63, 3.8) is 0 Å². The van der Waals surface area contributed by atoms with E-state index >= 15 is 0 Å². The molecule has 95 valence electrons. The van der Waals surface area contributed by atoms with Crippen LogP contribution in [0.2, 0.25) is 0 Å². The number of nitrogens with two attached hydrogens (primary N) is 1. The molecule has 0 aromatic carbocycles. The van der Waals surface area contributed by atoms with E-state index in [9.17, 15) is 5.11 Å². The molecule has 1 fully saturated rings. The zero-order chi connectivity index (χ0) is 12.7. The van der Waals surface area contributed by atoms with Crippen molar-refractivity contribution in [1.82, 2.24) is 19.5 Å². The molecule has 18 heavy (non-hydrogen) atoms. The van der Waals surface area contributed by atoms with Crippen molar-refractivity contribution < 1.29 is 14.9 Å². The monoisotopic (exact) mass is 250 g/mol. The number of nitrogen functional groups attached to an aromatic ring is 1. The first-order valence-corrected chi connectivity index (χ1v) is 5.46. The van der Waals surface area contributed by atoms with Crippen molar-refractivity contribution in [2.24, 2.45) is 0 Å². The summed E-state index contributed by atoms with van der Waals surface area (Å²) in [7, 11) is 0. The molecule has 2 aromatic rings. The fourth-order valence-corrected chi connectivity index (χ4v) is 1.96. The normalized spacial score (nSPS) is 25.0. The number of anilines is 1. The van der Waals surface area contributed by atoms with Gasteiger partial charge in [-0.05, 0) is 0 Å². The van der Waals surface area contributed by atoms with Crippen molar-refractivity contribution in [1.29, 1.82) is 0 Å². The van der Waals surface area contributed by atoms with Crippen molar-refractivity contribution in [2.75, 3.05) is 12.3 Å². The Labute approximate surface area is 102 Å². The third kappa shape index (κ3) is 1.62. The predicted octanol–water partition coefficient (Wildman–Crippen LogP) is -1.11. The number of aliphatic hydroxyl groups is 2. The minimum absolute atomic E-state index is 0.242. The summed E-state index contributed by atoms with van der Waals surface area (Å²) in [6.07, 6.45) is 2.28. The van der Waals surface area contributed by atoms with Crippen LogP contribution in [0.25, 0.3) is 11.2 Å². The largest absolute Gasteiger partial charge is 0.394 e. The predicted molar refractivity (Wildman–Crippen MR) is 61.0 cm³/mol. The van der Waals surface area contributed by atoms with E-state index in [1.54, 1.807) is 4.57 Å². The van der Waals surface area contributed by atoms with E-state index in [2.05, 4.69) is 15.0 Å². The van der Waals surface area contributed by atoms with Gasteiger partial charge in [0, 0.05) is 6.42 Å². The Bertz CT molecular complexity index is 572. The maximum atomic E-state index is 9.69.